The number of nitrogens with one attached hydrogen (secondary N) is 2. The first-order chi connectivity index (χ1) is 13.6. The van der Waals surface area contributed by atoms with Crippen molar-refractivity contribution in [2.45, 2.75) is 46.6 Å². The molecule has 1 aliphatic rings. The molecule has 1 aliphatic carbocycles. The number of guanidine groups is 1. The molecule has 1 aromatic carbocycles. The van der Waals surface area contributed by atoms with E-state index in [1.165, 1.54) is 12.8 Å². The van der Waals surface area contributed by atoms with Crippen LogP contribution in [0.3, 0.4) is 0 Å². The number of para-hydroxylation sites is 1. The maximum atomic E-state index is 5.26. The highest BCUT2D eigenvalue weighted by molar-refractivity contribution is 5.79. The lowest BCUT2D eigenvalue weighted by Crippen LogP contribution is -2.40. The van der Waals surface area contributed by atoms with Gasteiger partial charge < -0.3 is 15.4 Å². The fraction of sp³-hybridized carbons (Fsp3) is 0.545. The number of aromatic nitrogens is 2. The molecule has 28 heavy (non-hydrogen) atoms. The minimum Gasteiger partial charge on any atom is -0.385 e. The molecule has 2 N–H and O–H groups in total. The smallest absolute Gasteiger partial charge is 0.191 e. The fourth-order valence-corrected chi connectivity index (χ4v) is 3.51. The van der Waals surface area contributed by atoms with Gasteiger partial charge in [-0.3, -0.25) is 0 Å². The number of rotatable bonds is 9. The van der Waals surface area contributed by atoms with Gasteiger partial charge in [-0.15, -0.1) is 0 Å². The first kappa shape index (κ1) is 20.4. The Balaban J connectivity index is 1.71. The van der Waals surface area contributed by atoms with E-state index in [-0.39, 0.29) is 0 Å². The zero-order chi connectivity index (χ0) is 20.0. The van der Waals surface area contributed by atoms with Crippen LogP contribution in [0.2, 0.25) is 0 Å². The molecular formula is C22H33N5O. The monoisotopic (exact) mass is 383 g/mol. The van der Waals surface area contributed by atoms with Crippen LogP contribution in [0.15, 0.2) is 35.3 Å². The van der Waals surface area contributed by atoms with Crippen molar-refractivity contribution in [3.05, 3.63) is 47.3 Å². The number of nitrogens with zero attached hydrogens (tertiary/aromatic N) is 3. The highest BCUT2D eigenvalue weighted by atomic mass is 16.5. The molecule has 0 aliphatic heterocycles. The molecule has 3 rings (SSSR count). The van der Waals surface area contributed by atoms with Crippen LogP contribution < -0.4 is 10.6 Å². The quantitative estimate of drug-likeness (QED) is 0.515. The van der Waals surface area contributed by atoms with Crippen LogP contribution in [-0.2, 0) is 11.3 Å². The average Bonchev–Trinajstić information content (AvgIpc) is 3.39. The van der Waals surface area contributed by atoms with Crippen molar-refractivity contribution in [3.63, 3.8) is 0 Å². The molecule has 1 aromatic heterocycles. The molecule has 0 amide bonds. The van der Waals surface area contributed by atoms with Crippen molar-refractivity contribution < 1.29 is 4.74 Å². The number of methoxy groups -OCH3 is 1. The number of aryl methyl sites for hydroxylation is 2. The molecule has 1 fully saturated rings. The van der Waals surface area contributed by atoms with Crippen LogP contribution in [0.25, 0.3) is 5.69 Å². The molecule has 0 radical (unpaired) electrons. The van der Waals surface area contributed by atoms with Gasteiger partial charge in [0.05, 0.1) is 17.9 Å². The largest absolute Gasteiger partial charge is 0.385 e. The second-order valence-corrected chi connectivity index (χ2v) is 7.76. The molecule has 0 saturated heterocycles. The van der Waals surface area contributed by atoms with Crippen molar-refractivity contribution in [2.75, 3.05) is 26.8 Å². The molecule has 0 atom stereocenters. The molecular weight excluding hydrogens is 350 g/mol. The standard InChI is InChI=1S/C22H33N5O/c1-5-23-21(25-16-22(10-11-22)12-13-28-4)24-15-19-8-6-7-9-20(19)27-18(3)14-17(2)26-27/h6-9,14H,5,10-13,15-16H2,1-4H3,(H2,23,24,25). The zero-order valence-corrected chi connectivity index (χ0v) is 17.6. The second-order valence-electron chi connectivity index (χ2n) is 7.76. The lowest BCUT2D eigenvalue weighted by atomic mass is 10.0. The van der Waals surface area contributed by atoms with Crippen LogP contribution in [0, 0.1) is 19.3 Å². The Hall–Kier alpha value is -2.34. The summed E-state index contributed by atoms with van der Waals surface area (Å²) >= 11 is 0. The van der Waals surface area contributed by atoms with Crippen molar-refractivity contribution >= 4 is 5.96 Å². The number of ether oxygens (including phenoxy) is 1. The van der Waals surface area contributed by atoms with E-state index < -0.39 is 0 Å². The third kappa shape index (κ3) is 5.13. The Morgan fingerprint density at radius 1 is 1.25 bits per heavy atom. The lowest BCUT2D eigenvalue weighted by molar-refractivity contribution is 0.172. The maximum absolute atomic E-state index is 5.26. The summed E-state index contributed by atoms with van der Waals surface area (Å²) in [6, 6.07) is 10.4. The second kappa shape index (κ2) is 9.24. The van der Waals surface area contributed by atoms with Gasteiger partial charge in [-0.2, -0.15) is 5.10 Å². The average molecular weight is 384 g/mol. The molecule has 1 heterocycles. The summed E-state index contributed by atoms with van der Waals surface area (Å²) in [5.41, 5.74) is 4.79. The molecule has 0 unspecified atom stereocenters. The van der Waals surface area contributed by atoms with Crippen molar-refractivity contribution in [1.29, 1.82) is 0 Å². The van der Waals surface area contributed by atoms with E-state index in [1.807, 2.05) is 11.6 Å². The Morgan fingerprint density at radius 2 is 2.04 bits per heavy atom. The van der Waals surface area contributed by atoms with E-state index in [9.17, 15) is 0 Å². The summed E-state index contributed by atoms with van der Waals surface area (Å²) < 4.78 is 7.27. The third-order valence-corrected chi connectivity index (χ3v) is 5.41. The van der Waals surface area contributed by atoms with Gasteiger partial charge in [0.2, 0.25) is 0 Å². The fourth-order valence-electron chi connectivity index (χ4n) is 3.51. The summed E-state index contributed by atoms with van der Waals surface area (Å²) in [4.78, 5) is 4.84. The highest BCUT2D eigenvalue weighted by Crippen LogP contribution is 2.48. The van der Waals surface area contributed by atoms with E-state index in [2.05, 4.69) is 59.9 Å². The third-order valence-electron chi connectivity index (χ3n) is 5.41. The van der Waals surface area contributed by atoms with Gasteiger partial charge in [0.1, 0.15) is 0 Å². The van der Waals surface area contributed by atoms with Gasteiger partial charge in [0, 0.05) is 32.5 Å². The summed E-state index contributed by atoms with van der Waals surface area (Å²) in [6.07, 6.45) is 3.64. The van der Waals surface area contributed by atoms with E-state index in [0.717, 1.165) is 54.7 Å². The predicted molar refractivity (Wildman–Crippen MR) is 114 cm³/mol. The minimum atomic E-state index is 0.383. The molecule has 6 nitrogen and oxygen atoms in total. The van der Waals surface area contributed by atoms with Crippen LogP contribution in [0.5, 0.6) is 0 Å². The van der Waals surface area contributed by atoms with Crippen molar-refractivity contribution in [1.82, 2.24) is 20.4 Å². The maximum Gasteiger partial charge on any atom is 0.191 e. The summed E-state index contributed by atoms with van der Waals surface area (Å²) in [7, 11) is 1.77. The number of hydrogen-bond acceptors (Lipinski definition) is 3. The van der Waals surface area contributed by atoms with E-state index in [4.69, 9.17) is 9.73 Å². The topological polar surface area (TPSA) is 63.5 Å². The molecule has 1 saturated carbocycles. The summed E-state index contributed by atoms with van der Waals surface area (Å²) in [6.45, 7) is 9.42. The first-order valence-corrected chi connectivity index (χ1v) is 10.2. The van der Waals surface area contributed by atoms with Crippen LogP contribution >= 0.6 is 0 Å². The van der Waals surface area contributed by atoms with E-state index >= 15 is 0 Å². The Bertz CT molecular complexity index is 807. The SMILES string of the molecule is CCNC(=NCc1ccccc1-n1nc(C)cc1C)NCC1(CCOC)CC1. The van der Waals surface area contributed by atoms with Gasteiger partial charge in [0.25, 0.3) is 0 Å². The minimum absolute atomic E-state index is 0.383. The first-order valence-electron chi connectivity index (χ1n) is 10.2. The van der Waals surface area contributed by atoms with Crippen LogP contribution in [-0.4, -0.2) is 42.5 Å². The molecule has 2 aromatic rings. The Morgan fingerprint density at radius 3 is 2.68 bits per heavy atom. The zero-order valence-electron chi connectivity index (χ0n) is 17.6. The van der Waals surface area contributed by atoms with Gasteiger partial charge in [-0.1, -0.05) is 18.2 Å². The van der Waals surface area contributed by atoms with Crippen molar-refractivity contribution in [3.8, 4) is 5.69 Å². The number of aliphatic imine (C=N–C) groups is 1. The lowest BCUT2D eigenvalue weighted by Gasteiger charge is -2.18. The summed E-state index contributed by atoms with van der Waals surface area (Å²) in [5.74, 6) is 0.870. The predicted octanol–water partition coefficient (Wildman–Crippen LogP) is 3.36. The van der Waals surface area contributed by atoms with E-state index in [0.29, 0.717) is 12.0 Å². The Kier molecular flexibility index (Phi) is 6.73. The van der Waals surface area contributed by atoms with Gasteiger partial charge in [-0.05, 0) is 63.1 Å². The summed E-state index contributed by atoms with van der Waals surface area (Å²) in [5, 5.41) is 11.5. The van der Waals surface area contributed by atoms with Crippen molar-refractivity contribution in [2.24, 2.45) is 10.4 Å². The normalized spacial score (nSPS) is 15.5. The van der Waals surface area contributed by atoms with Crippen LogP contribution in [0.1, 0.15) is 43.1 Å². The molecule has 0 bridgehead atoms. The number of benzene rings is 1. The van der Waals surface area contributed by atoms with E-state index in [1.54, 1.807) is 7.11 Å². The van der Waals surface area contributed by atoms with Gasteiger partial charge in [-0.25, -0.2) is 9.67 Å². The highest BCUT2D eigenvalue weighted by Gasteiger charge is 2.41. The Labute approximate surface area is 168 Å². The molecule has 152 valence electrons. The van der Waals surface area contributed by atoms with Gasteiger partial charge in [0.15, 0.2) is 5.96 Å². The number of hydrogen-bond donors (Lipinski definition) is 2. The van der Waals surface area contributed by atoms with Crippen LogP contribution in [0.4, 0.5) is 0 Å². The molecule has 0 spiro atoms. The molecule has 6 heteroatoms. The van der Waals surface area contributed by atoms with Gasteiger partial charge >= 0.3 is 0 Å².